The molecule has 1 aromatic heterocycles. The largest absolute Gasteiger partial charge is 0.497 e. The second-order valence-corrected chi connectivity index (χ2v) is 4.71. The van der Waals surface area contributed by atoms with Gasteiger partial charge >= 0.3 is 0 Å². The average Bonchev–Trinajstić information content (AvgIpc) is 2.48. The molecule has 2 aromatic rings. The zero-order chi connectivity index (χ0) is 14.4. The van der Waals surface area contributed by atoms with E-state index in [1.165, 1.54) is 5.56 Å². The molecule has 0 fully saturated rings. The van der Waals surface area contributed by atoms with Crippen molar-refractivity contribution < 1.29 is 4.74 Å². The minimum atomic E-state index is 0.217. The number of aromatic nitrogens is 2. The van der Waals surface area contributed by atoms with Crippen LogP contribution in [0.25, 0.3) is 0 Å². The zero-order valence-corrected chi connectivity index (χ0v) is 12.1. The minimum absolute atomic E-state index is 0.217. The molecular weight excluding hydrogens is 252 g/mol. The van der Waals surface area contributed by atoms with Gasteiger partial charge in [-0.3, -0.25) is 0 Å². The number of hydrogen-bond acceptors (Lipinski definition) is 5. The highest BCUT2D eigenvalue weighted by Gasteiger charge is 2.14. The second-order valence-electron chi connectivity index (χ2n) is 4.71. The maximum Gasteiger partial charge on any atom is 0.222 e. The van der Waals surface area contributed by atoms with Crippen LogP contribution in [-0.4, -0.2) is 42.6 Å². The summed E-state index contributed by atoms with van der Waals surface area (Å²) in [6.07, 6.45) is 3.46. The summed E-state index contributed by atoms with van der Waals surface area (Å²) in [5.74, 6) is 1.51. The Bertz CT molecular complexity index is 530. The Morgan fingerprint density at radius 3 is 2.60 bits per heavy atom. The first kappa shape index (κ1) is 14.3. The summed E-state index contributed by atoms with van der Waals surface area (Å²) in [5.41, 5.74) is 1.19. The van der Waals surface area contributed by atoms with E-state index in [9.17, 15) is 0 Å². The standard InChI is InChI=1S/C15H20N4O/c1-19(2)14(11-18-15-16-8-5-9-17-15)12-6-4-7-13(10-12)20-3/h4-10,14H,11H2,1-3H3,(H,16,17,18)/t14-/m0/s1. The predicted molar refractivity (Wildman–Crippen MR) is 79.9 cm³/mol. The normalized spacial score (nSPS) is 12.2. The molecule has 106 valence electrons. The second kappa shape index (κ2) is 6.86. The SMILES string of the molecule is COc1cccc([C@H](CNc2ncccn2)N(C)C)c1. The molecule has 0 amide bonds. The third-order valence-electron chi connectivity index (χ3n) is 3.12. The molecule has 0 aliphatic heterocycles. The van der Waals surface area contributed by atoms with Gasteiger partial charge in [0.15, 0.2) is 0 Å². The van der Waals surface area contributed by atoms with E-state index in [1.807, 2.05) is 12.1 Å². The zero-order valence-electron chi connectivity index (χ0n) is 12.1. The summed E-state index contributed by atoms with van der Waals surface area (Å²) >= 11 is 0. The molecule has 1 atom stereocenters. The van der Waals surface area contributed by atoms with E-state index in [0.717, 1.165) is 12.3 Å². The van der Waals surface area contributed by atoms with E-state index in [0.29, 0.717) is 5.95 Å². The lowest BCUT2D eigenvalue weighted by atomic mass is 10.1. The molecule has 0 saturated carbocycles. The number of nitrogens with one attached hydrogen (secondary N) is 1. The fourth-order valence-corrected chi connectivity index (χ4v) is 2.03. The number of anilines is 1. The number of rotatable bonds is 6. The molecule has 2 rings (SSSR count). The summed E-state index contributed by atoms with van der Waals surface area (Å²) in [5, 5.41) is 3.26. The van der Waals surface area contributed by atoms with Gasteiger partial charge in [0.2, 0.25) is 5.95 Å². The van der Waals surface area contributed by atoms with Gasteiger partial charge in [0, 0.05) is 18.9 Å². The Morgan fingerprint density at radius 2 is 1.95 bits per heavy atom. The number of methoxy groups -OCH3 is 1. The predicted octanol–water partition coefficient (Wildman–Crippen LogP) is 2.20. The topological polar surface area (TPSA) is 50.3 Å². The van der Waals surface area contributed by atoms with Crippen LogP contribution in [0.2, 0.25) is 0 Å². The van der Waals surface area contributed by atoms with E-state index in [-0.39, 0.29) is 6.04 Å². The number of ether oxygens (including phenoxy) is 1. The summed E-state index contributed by atoms with van der Waals surface area (Å²) in [6.45, 7) is 0.726. The molecule has 0 unspecified atom stereocenters. The van der Waals surface area contributed by atoms with Crippen molar-refractivity contribution >= 4 is 5.95 Å². The van der Waals surface area contributed by atoms with Crippen LogP contribution in [0.5, 0.6) is 5.75 Å². The highest BCUT2D eigenvalue weighted by molar-refractivity contribution is 5.32. The molecule has 0 spiro atoms. The van der Waals surface area contributed by atoms with E-state index >= 15 is 0 Å². The van der Waals surface area contributed by atoms with Gasteiger partial charge in [-0.2, -0.15) is 0 Å². The molecule has 5 nitrogen and oxygen atoms in total. The van der Waals surface area contributed by atoms with Crippen molar-refractivity contribution in [3.05, 3.63) is 48.3 Å². The summed E-state index contributed by atoms with van der Waals surface area (Å²) in [6, 6.07) is 10.1. The van der Waals surface area contributed by atoms with Crippen molar-refractivity contribution in [2.75, 3.05) is 33.1 Å². The molecular formula is C15H20N4O. The number of nitrogens with zero attached hydrogens (tertiary/aromatic N) is 3. The Balaban J connectivity index is 2.10. The molecule has 0 aliphatic rings. The first-order valence-corrected chi connectivity index (χ1v) is 6.52. The fraction of sp³-hybridized carbons (Fsp3) is 0.333. The van der Waals surface area contributed by atoms with Gasteiger partial charge < -0.3 is 15.0 Å². The lowest BCUT2D eigenvalue weighted by molar-refractivity contribution is 0.310. The van der Waals surface area contributed by atoms with Gasteiger partial charge in [-0.25, -0.2) is 9.97 Å². The van der Waals surface area contributed by atoms with Gasteiger partial charge in [-0.05, 0) is 37.9 Å². The van der Waals surface area contributed by atoms with Crippen molar-refractivity contribution in [1.82, 2.24) is 14.9 Å². The van der Waals surface area contributed by atoms with Crippen molar-refractivity contribution in [2.45, 2.75) is 6.04 Å². The van der Waals surface area contributed by atoms with Crippen LogP contribution < -0.4 is 10.1 Å². The van der Waals surface area contributed by atoms with Crippen LogP contribution in [0.1, 0.15) is 11.6 Å². The van der Waals surface area contributed by atoms with Crippen molar-refractivity contribution in [3.8, 4) is 5.75 Å². The maximum atomic E-state index is 5.28. The lowest BCUT2D eigenvalue weighted by Gasteiger charge is -2.25. The highest BCUT2D eigenvalue weighted by Crippen LogP contribution is 2.22. The fourth-order valence-electron chi connectivity index (χ4n) is 2.03. The van der Waals surface area contributed by atoms with Crippen LogP contribution in [0.3, 0.4) is 0 Å². The first-order valence-electron chi connectivity index (χ1n) is 6.52. The summed E-state index contributed by atoms with van der Waals surface area (Å²) in [4.78, 5) is 10.5. The Kier molecular flexibility index (Phi) is 4.90. The van der Waals surface area contributed by atoms with Gasteiger partial charge in [-0.1, -0.05) is 12.1 Å². The van der Waals surface area contributed by atoms with Gasteiger partial charge in [0.05, 0.1) is 13.2 Å². The lowest BCUT2D eigenvalue weighted by Crippen LogP contribution is -2.27. The third-order valence-corrected chi connectivity index (χ3v) is 3.12. The third kappa shape index (κ3) is 3.68. The highest BCUT2D eigenvalue weighted by atomic mass is 16.5. The van der Waals surface area contributed by atoms with E-state index in [2.05, 4.69) is 46.4 Å². The van der Waals surface area contributed by atoms with Gasteiger partial charge in [-0.15, -0.1) is 0 Å². The Labute approximate surface area is 119 Å². The summed E-state index contributed by atoms with van der Waals surface area (Å²) in [7, 11) is 5.79. The molecule has 0 saturated heterocycles. The monoisotopic (exact) mass is 272 g/mol. The Morgan fingerprint density at radius 1 is 1.20 bits per heavy atom. The molecule has 1 heterocycles. The minimum Gasteiger partial charge on any atom is -0.497 e. The first-order chi connectivity index (χ1) is 9.70. The van der Waals surface area contributed by atoms with Crippen molar-refractivity contribution in [2.24, 2.45) is 0 Å². The molecule has 0 radical (unpaired) electrons. The maximum absolute atomic E-state index is 5.28. The molecule has 1 N–H and O–H groups in total. The quantitative estimate of drug-likeness (QED) is 0.873. The van der Waals surface area contributed by atoms with E-state index in [4.69, 9.17) is 4.74 Å². The smallest absolute Gasteiger partial charge is 0.222 e. The molecule has 5 heteroatoms. The van der Waals surface area contributed by atoms with Crippen LogP contribution in [0, 0.1) is 0 Å². The molecule has 0 bridgehead atoms. The number of likely N-dealkylation sites (N-methyl/N-ethyl adjacent to an activating group) is 1. The number of benzene rings is 1. The van der Waals surface area contributed by atoms with E-state index in [1.54, 1.807) is 25.6 Å². The van der Waals surface area contributed by atoms with E-state index < -0.39 is 0 Å². The molecule has 20 heavy (non-hydrogen) atoms. The van der Waals surface area contributed by atoms with Crippen molar-refractivity contribution in [3.63, 3.8) is 0 Å². The van der Waals surface area contributed by atoms with Gasteiger partial charge in [0.1, 0.15) is 5.75 Å². The van der Waals surface area contributed by atoms with Crippen LogP contribution in [-0.2, 0) is 0 Å². The van der Waals surface area contributed by atoms with Crippen LogP contribution in [0.15, 0.2) is 42.7 Å². The molecule has 0 aliphatic carbocycles. The van der Waals surface area contributed by atoms with Gasteiger partial charge in [0.25, 0.3) is 0 Å². The summed E-state index contributed by atoms with van der Waals surface area (Å²) < 4.78 is 5.28. The average molecular weight is 272 g/mol. The molecule has 1 aromatic carbocycles. The van der Waals surface area contributed by atoms with Crippen molar-refractivity contribution in [1.29, 1.82) is 0 Å². The Hall–Kier alpha value is -2.14. The van der Waals surface area contributed by atoms with Crippen LogP contribution in [0.4, 0.5) is 5.95 Å². The van der Waals surface area contributed by atoms with Crippen LogP contribution >= 0.6 is 0 Å². The number of hydrogen-bond donors (Lipinski definition) is 1.